The van der Waals surface area contributed by atoms with Crippen LogP contribution in [0.3, 0.4) is 0 Å². The molecule has 0 spiro atoms. The number of rotatable bonds is 5. The number of amides is 1. The Morgan fingerprint density at radius 1 is 1.29 bits per heavy atom. The number of nitrogens with two attached hydrogens (primary N) is 1. The van der Waals surface area contributed by atoms with Crippen LogP contribution in [-0.2, 0) is 11.3 Å². The molecule has 7 nitrogen and oxygen atoms in total. The number of carbonyl (C=O) groups excluding carboxylic acids is 1. The van der Waals surface area contributed by atoms with Gasteiger partial charge in [0.1, 0.15) is 12.4 Å². The zero-order valence-corrected chi connectivity index (χ0v) is 10.7. The van der Waals surface area contributed by atoms with E-state index in [0.717, 1.165) is 4.68 Å². The Morgan fingerprint density at radius 2 is 1.95 bits per heavy atom. The molecule has 1 amide bonds. The first-order valence-corrected chi connectivity index (χ1v) is 5.86. The fraction of sp³-hybridized carbons (Fsp3) is 0.0769. The molecule has 1 aromatic carbocycles. The van der Waals surface area contributed by atoms with Crippen molar-refractivity contribution in [2.45, 2.75) is 6.54 Å². The van der Waals surface area contributed by atoms with E-state index in [9.17, 15) is 14.0 Å². The lowest BCUT2D eigenvalue weighted by molar-refractivity contribution is -0.118. The fourth-order valence-corrected chi connectivity index (χ4v) is 1.65. The first kappa shape index (κ1) is 14.4. The second kappa shape index (κ2) is 5.95. The maximum Gasteiger partial charge on any atom is 0.358 e. The number of carbonyl (C=O) groups is 2. The van der Waals surface area contributed by atoms with E-state index in [0.29, 0.717) is 5.56 Å². The molecular formula is C13H11FN4O3. The molecule has 3 N–H and O–H groups in total. The van der Waals surface area contributed by atoms with Crippen molar-refractivity contribution in [2.24, 2.45) is 5.73 Å². The van der Waals surface area contributed by atoms with Crippen LogP contribution < -0.4 is 5.73 Å². The topological polar surface area (TPSA) is 111 Å². The van der Waals surface area contributed by atoms with E-state index in [1.807, 2.05) is 0 Å². The second-order valence-corrected chi connectivity index (χ2v) is 4.14. The summed E-state index contributed by atoms with van der Waals surface area (Å²) in [6.45, 7) is -0.288. The summed E-state index contributed by atoms with van der Waals surface area (Å²) < 4.78 is 13.9. The Balaban J connectivity index is 2.36. The van der Waals surface area contributed by atoms with E-state index in [-0.39, 0.29) is 23.7 Å². The van der Waals surface area contributed by atoms with Crippen molar-refractivity contribution in [3.63, 3.8) is 0 Å². The summed E-state index contributed by atoms with van der Waals surface area (Å²) in [5.41, 5.74) is 5.55. The van der Waals surface area contributed by atoms with Gasteiger partial charge in [0.15, 0.2) is 5.69 Å². The van der Waals surface area contributed by atoms with Crippen LogP contribution in [0.15, 0.2) is 24.3 Å². The van der Waals surface area contributed by atoms with Crippen LogP contribution in [0.5, 0.6) is 0 Å². The number of hydrogen-bond acceptors (Lipinski definition) is 4. The van der Waals surface area contributed by atoms with E-state index < -0.39 is 11.9 Å². The highest BCUT2D eigenvalue weighted by Crippen LogP contribution is 2.12. The Bertz CT molecular complexity index is 707. The van der Waals surface area contributed by atoms with Crippen LogP contribution >= 0.6 is 0 Å². The van der Waals surface area contributed by atoms with Crippen LogP contribution in [0, 0.1) is 5.82 Å². The zero-order valence-electron chi connectivity index (χ0n) is 10.7. The molecule has 21 heavy (non-hydrogen) atoms. The summed E-state index contributed by atoms with van der Waals surface area (Å²) in [6.07, 6.45) is 2.99. The number of nitrogens with zero attached hydrogens (tertiary/aromatic N) is 3. The molecule has 0 saturated heterocycles. The third-order valence-electron chi connectivity index (χ3n) is 2.59. The molecule has 0 saturated carbocycles. The molecule has 1 heterocycles. The van der Waals surface area contributed by atoms with Gasteiger partial charge in [-0.3, -0.25) is 4.79 Å². The van der Waals surface area contributed by atoms with Gasteiger partial charge in [0.2, 0.25) is 5.91 Å². The van der Waals surface area contributed by atoms with Crippen LogP contribution in [-0.4, -0.2) is 32.0 Å². The average Bonchev–Trinajstić information content (AvgIpc) is 2.80. The lowest BCUT2D eigenvalue weighted by Gasteiger charge is -2.00. The molecule has 0 unspecified atom stereocenters. The molecular weight excluding hydrogens is 279 g/mol. The van der Waals surface area contributed by atoms with Gasteiger partial charge in [-0.25, -0.2) is 13.9 Å². The highest BCUT2D eigenvalue weighted by molar-refractivity contribution is 5.90. The maximum atomic E-state index is 12.8. The Morgan fingerprint density at radius 3 is 2.52 bits per heavy atom. The number of carboxylic acid groups (broad SMARTS) is 1. The van der Waals surface area contributed by atoms with Gasteiger partial charge < -0.3 is 10.8 Å². The third-order valence-corrected chi connectivity index (χ3v) is 2.59. The van der Waals surface area contributed by atoms with E-state index in [4.69, 9.17) is 10.8 Å². The van der Waals surface area contributed by atoms with Crippen molar-refractivity contribution in [2.75, 3.05) is 0 Å². The van der Waals surface area contributed by atoms with Gasteiger partial charge >= 0.3 is 5.97 Å². The van der Waals surface area contributed by atoms with Gasteiger partial charge in [-0.15, -0.1) is 5.10 Å². The van der Waals surface area contributed by atoms with Gasteiger partial charge in [0.05, 0.1) is 5.69 Å². The van der Waals surface area contributed by atoms with Gasteiger partial charge in [-0.2, -0.15) is 0 Å². The maximum absolute atomic E-state index is 12.8. The third kappa shape index (κ3) is 3.50. The molecule has 0 radical (unpaired) electrons. The number of hydrogen-bond donors (Lipinski definition) is 2. The summed E-state index contributed by atoms with van der Waals surface area (Å²) in [4.78, 5) is 22.0. The lowest BCUT2D eigenvalue weighted by Crippen LogP contribution is -2.20. The minimum Gasteiger partial charge on any atom is -0.476 e. The van der Waals surface area contributed by atoms with Gasteiger partial charge in [0.25, 0.3) is 0 Å². The van der Waals surface area contributed by atoms with Crippen molar-refractivity contribution in [3.05, 3.63) is 47.0 Å². The molecule has 0 atom stereocenters. The highest BCUT2D eigenvalue weighted by Gasteiger charge is 2.17. The predicted molar refractivity (Wildman–Crippen MR) is 71.5 cm³/mol. The van der Waals surface area contributed by atoms with Crippen molar-refractivity contribution in [1.29, 1.82) is 0 Å². The summed E-state index contributed by atoms with van der Waals surface area (Å²) in [7, 11) is 0. The number of primary amides is 1. The van der Waals surface area contributed by atoms with Gasteiger partial charge in [0, 0.05) is 0 Å². The minimum atomic E-state index is -1.27. The van der Waals surface area contributed by atoms with Gasteiger partial charge in [-0.1, -0.05) is 23.4 Å². The number of carboxylic acids is 1. The molecule has 2 rings (SSSR count). The number of aromatic carboxylic acids is 1. The van der Waals surface area contributed by atoms with E-state index in [2.05, 4.69) is 10.3 Å². The molecule has 108 valence electrons. The van der Waals surface area contributed by atoms with Crippen molar-refractivity contribution < 1.29 is 19.1 Å². The SMILES string of the molecule is NC(=O)Cn1nnc(C(=O)O)c1/C=C/c1ccc(F)cc1. The molecule has 0 bridgehead atoms. The highest BCUT2D eigenvalue weighted by atomic mass is 19.1. The molecule has 2 aromatic rings. The Kier molecular flexibility index (Phi) is 4.07. The quantitative estimate of drug-likeness (QED) is 0.845. The summed E-state index contributed by atoms with van der Waals surface area (Å²) in [6, 6.07) is 5.59. The smallest absolute Gasteiger partial charge is 0.358 e. The summed E-state index contributed by atoms with van der Waals surface area (Å²) in [5.74, 6) is -2.32. The molecule has 0 aliphatic heterocycles. The largest absolute Gasteiger partial charge is 0.476 e. The summed E-state index contributed by atoms with van der Waals surface area (Å²) in [5, 5.41) is 16.1. The standard InChI is InChI=1S/C13H11FN4O3/c14-9-4-1-8(2-5-9)3-6-10-12(13(20)21)16-17-18(10)7-11(15)19/h1-6H,7H2,(H2,15,19)(H,20,21)/b6-3+. The van der Waals surface area contributed by atoms with E-state index in [1.165, 1.54) is 30.3 Å². The van der Waals surface area contributed by atoms with Crippen LogP contribution in [0.2, 0.25) is 0 Å². The number of benzene rings is 1. The fourth-order valence-electron chi connectivity index (χ4n) is 1.65. The molecule has 1 aromatic heterocycles. The summed E-state index contributed by atoms with van der Waals surface area (Å²) >= 11 is 0. The first-order valence-electron chi connectivity index (χ1n) is 5.86. The Labute approximate surface area is 118 Å². The lowest BCUT2D eigenvalue weighted by atomic mass is 10.2. The van der Waals surface area contributed by atoms with Crippen molar-refractivity contribution in [3.8, 4) is 0 Å². The predicted octanol–water partition coefficient (Wildman–Crippen LogP) is 0.771. The van der Waals surface area contributed by atoms with Crippen LogP contribution in [0.1, 0.15) is 21.7 Å². The van der Waals surface area contributed by atoms with E-state index in [1.54, 1.807) is 6.08 Å². The molecule has 8 heteroatoms. The zero-order chi connectivity index (χ0) is 15.4. The van der Waals surface area contributed by atoms with Crippen LogP contribution in [0.4, 0.5) is 4.39 Å². The monoisotopic (exact) mass is 290 g/mol. The van der Waals surface area contributed by atoms with Crippen molar-refractivity contribution in [1.82, 2.24) is 15.0 Å². The molecule has 0 aliphatic carbocycles. The Hall–Kier alpha value is -3.03. The number of halogens is 1. The molecule has 0 aliphatic rings. The number of aromatic nitrogens is 3. The van der Waals surface area contributed by atoms with E-state index >= 15 is 0 Å². The average molecular weight is 290 g/mol. The minimum absolute atomic E-state index is 0.130. The second-order valence-electron chi connectivity index (χ2n) is 4.14. The molecule has 0 fully saturated rings. The van der Waals surface area contributed by atoms with Crippen molar-refractivity contribution >= 4 is 24.0 Å². The van der Waals surface area contributed by atoms with Gasteiger partial charge in [-0.05, 0) is 23.8 Å². The normalized spacial score (nSPS) is 10.9. The van der Waals surface area contributed by atoms with Crippen LogP contribution in [0.25, 0.3) is 12.2 Å². The first-order chi connectivity index (χ1) is 9.97.